The lowest BCUT2D eigenvalue weighted by atomic mass is 10.2. The van der Waals surface area contributed by atoms with Gasteiger partial charge in [0.15, 0.2) is 9.84 Å². The second kappa shape index (κ2) is 14.8. The molecule has 264 valence electrons. The molecule has 20 nitrogen and oxygen atoms in total. The van der Waals surface area contributed by atoms with Crippen molar-refractivity contribution in [2.24, 2.45) is 30.7 Å². The number of azo groups is 3. The van der Waals surface area contributed by atoms with Gasteiger partial charge in [-0.1, -0.05) is 18.2 Å². The molecule has 0 saturated carbocycles. The molecule has 0 aliphatic rings. The number of hydrogen-bond donors (Lipinski definition) is 5. The number of benzene rings is 4. The number of nitrogens with two attached hydrogens (primary N) is 2. The van der Waals surface area contributed by atoms with Crippen molar-refractivity contribution < 1.29 is 51.5 Å². The number of sulfone groups is 1. The van der Waals surface area contributed by atoms with E-state index in [1.165, 1.54) is 18.2 Å². The first-order valence-corrected chi connectivity index (χ1v) is 19.2. The highest BCUT2D eigenvalue weighted by Crippen LogP contribution is 2.43. The molecule has 0 saturated heterocycles. The van der Waals surface area contributed by atoms with E-state index < -0.39 is 85.4 Å². The van der Waals surface area contributed by atoms with Gasteiger partial charge in [-0.15, -0.1) is 15.3 Å². The maximum Gasteiger partial charge on any atom is 0.397 e. The van der Waals surface area contributed by atoms with Gasteiger partial charge >= 0.3 is 10.4 Å². The smallest absolute Gasteiger partial charge is 0.396 e. The molecule has 0 aliphatic carbocycles. The van der Waals surface area contributed by atoms with E-state index >= 15 is 0 Å². The molecule has 7 N–H and O–H groups in total. The van der Waals surface area contributed by atoms with Gasteiger partial charge in [-0.3, -0.25) is 13.7 Å². The van der Waals surface area contributed by atoms with Crippen molar-refractivity contribution in [3.8, 4) is 0 Å². The van der Waals surface area contributed by atoms with Crippen LogP contribution in [0, 0.1) is 0 Å². The summed E-state index contributed by atoms with van der Waals surface area (Å²) in [6.45, 7) is -0.845. The van der Waals surface area contributed by atoms with Gasteiger partial charge in [0.1, 0.15) is 26.9 Å². The first-order valence-electron chi connectivity index (χ1n) is 13.3. The summed E-state index contributed by atoms with van der Waals surface area (Å²) in [6, 6.07) is 16.9. The molecule has 0 atom stereocenters. The van der Waals surface area contributed by atoms with Crippen LogP contribution in [-0.2, 0) is 44.7 Å². The average Bonchev–Trinajstić information content (AvgIpc) is 3.02. The Hall–Kier alpha value is -5.08. The Morgan fingerprint density at radius 3 is 1.68 bits per heavy atom. The van der Waals surface area contributed by atoms with Gasteiger partial charge in [0.25, 0.3) is 20.2 Å². The van der Waals surface area contributed by atoms with Crippen LogP contribution in [0.3, 0.4) is 0 Å². The lowest BCUT2D eigenvalue weighted by molar-refractivity contribution is 0.284. The number of nitrogens with zero attached hydrogens (tertiary/aromatic N) is 6. The summed E-state index contributed by atoms with van der Waals surface area (Å²) in [4.78, 5) is -1.84. The topological polar surface area (TPSA) is 333 Å². The third-order valence-electron chi connectivity index (χ3n) is 6.17. The minimum atomic E-state index is -5.01. The molecule has 4 aromatic carbocycles. The molecule has 50 heavy (non-hydrogen) atoms. The highest BCUT2D eigenvalue weighted by atomic mass is 32.3. The second-order valence-corrected chi connectivity index (χ2v) is 15.7. The van der Waals surface area contributed by atoms with Crippen LogP contribution in [0.2, 0.25) is 0 Å². The SMILES string of the molecule is Nc1c(N=Nc2ccc(S(=O)(=O)CCOS(=O)(=O)O)cc2)cc(S(=O)(=O)O)c(N)c1N=Nc1ccc(N=Nc2ccccc2)c(S(=O)(=O)O)c1. The van der Waals surface area contributed by atoms with Crippen molar-refractivity contribution in [3.63, 3.8) is 0 Å². The van der Waals surface area contributed by atoms with E-state index in [9.17, 15) is 42.8 Å². The van der Waals surface area contributed by atoms with Gasteiger partial charge in [-0.05, 0) is 60.7 Å². The van der Waals surface area contributed by atoms with Crippen LogP contribution in [0.15, 0.2) is 124 Å². The average molecular weight is 769 g/mol. The Bertz CT molecular complexity index is 2460. The lowest BCUT2D eigenvalue weighted by Crippen LogP contribution is -2.15. The van der Waals surface area contributed by atoms with Crippen molar-refractivity contribution >= 4 is 86.0 Å². The molecule has 0 bridgehead atoms. The molecule has 24 heteroatoms. The van der Waals surface area contributed by atoms with Crippen LogP contribution in [0.4, 0.5) is 45.5 Å². The number of nitrogen functional groups attached to an aromatic ring is 2. The molecule has 0 heterocycles. The Morgan fingerprint density at radius 1 is 0.560 bits per heavy atom. The fourth-order valence-corrected chi connectivity index (χ4v) is 6.60. The predicted molar refractivity (Wildman–Crippen MR) is 176 cm³/mol. The fourth-order valence-electron chi connectivity index (χ4n) is 3.83. The maximum atomic E-state index is 12.4. The zero-order chi connectivity index (χ0) is 36.9. The molecule has 0 unspecified atom stereocenters. The summed E-state index contributed by atoms with van der Waals surface area (Å²) >= 11 is 0. The van der Waals surface area contributed by atoms with E-state index in [1.54, 1.807) is 30.3 Å². The Morgan fingerprint density at radius 2 is 1.10 bits per heavy atom. The summed E-state index contributed by atoms with van der Waals surface area (Å²) in [7, 11) is -18.8. The second-order valence-electron chi connectivity index (χ2n) is 9.67. The van der Waals surface area contributed by atoms with Gasteiger partial charge in [0.05, 0.1) is 45.7 Å². The molecule has 0 spiro atoms. The summed E-state index contributed by atoms with van der Waals surface area (Å²) in [5.41, 5.74) is 10.0. The molecule has 0 fully saturated rings. The fraction of sp³-hybridized carbons (Fsp3) is 0.0769. The Kier molecular flexibility index (Phi) is 11.2. The molecule has 4 rings (SSSR count). The third kappa shape index (κ3) is 9.98. The monoisotopic (exact) mass is 768 g/mol. The van der Waals surface area contributed by atoms with Crippen molar-refractivity contribution in [2.45, 2.75) is 14.7 Å². The number of anilines is 2. The predicted octanol–water partition coefficient (Wildman–Crippen LogP) is 5.18. The summed E-state index contributed by atoms with van der Waals surface area (Å²) in [5, 5.41) is 23.1. The minimum Gasteiger partial charge on any atom is -0.396 e. The molecule has 0 radical (unpaired) electrons. The largest absolute Gasteiger partial charge is 0.397 e. The van der Waals surface area contributed by atoms with Crippen LogP contribution < -0.4 is 11.5 Å². The normalized spacial score (nSPS) is 13.1. The van der Waals surface area contributed by atoms with Gasteiger partial charge in [-0.25, -0.2) is 12.6 Å². The molecule has 0 aliphatic heterocycles. The molecular formula is C26H24N8O12S4. The lowest BCUT2D eigenvalue weighted by Gasteiger charge is -2.10. The standard InChI is InChI=1S/C26H24N8O12S4/c27-24-21(33-30-17-6-9-19(10-7-17)47(35,36)13-12-46-50(43,44)45)15-23(49(40,41)42)25(28)26(24)34-31-18-8-11-20(22(14-18)48(37,38)39)32-29-16-4-2-1-3-5-16/h1-11,14-15H,12-13,27-28H2,(H,37,38,39)(H,40,41,42)(H,43,44,45). The van der Waals surface area contributed by atoms with Crippen LogP contribution in [-0.4, -0.2) is 59.7 Å². The van der Waals surface area contributed by atoms with E-state index in [1.807, 2.05) is 0 Å². The maximum absolute atomic E-state index is 12.4. The van der Waals surface area contributed by atoms with Gasteiger partial charge in [0.2, 0.25) is 0 Å². The Balaban J connectivity index is 1.67. The van der Waals surface area contributed by atoms with E-state index in [0.717, 1.165) is 30.3 Å². The zero-order valence-electron chi connectivity index (χ0n) is 24.9. The van der Waals surface area contributed by atoms with Crippen molar-refractivity contribution in [3.05, 3.63) is 78.9 Å². The van der Waals surface area contributed by atoms with E-state index in [-0.39, 0.29) is 22.0 Å². The van der Waals surface area contributed by atoms with Crippen molar-refractivity contribution in [1.29, 1.82) is 0 Å². The highest BCUT2D eigenvalue weighted by molar-refractivity contribution is 7.91. The first-order chi connectivity index (χ1) is 23.2. The quantitative estimate of drug-likeness (QED) is 0.0664. The van der Waals surface area contributed by atoms with Crippen molar-refractivity contribution in [1.82, 2.24) is 0 Å². The van der Waals surface area contributed by atoms with E-state index in [2.05, 4.69) is 34.9 Å². The van der Waals surface area contributed by atoms with Crippen LogP contribution in [0.1, 0.15) is 0 Å². The minimum absolute atomic E-state index is 0.0215. The van der Waals surface area contributed by atoms with Crippen LogP contribution in [0.5, 0.6) is 0 Å². The van der Waals surface area contributed by atoms with E-state index in [0.29, 0.717) is 5.69 Å². The zero-order valence-corrected chi connectivity index (χ0v) is 28.2. The summed E-state index contributed by atoms with van der Waals surface area (Å²) in [6.07, 6.45) is 0. The van der Waals surface area contributed by atoms with Gasteiger partial charge in [0, 0.05) is 0 Å². The third-order valence-corrected chi connectivity index (χ3v) is 10.1. The van der Waals surface area contributed by atoms with Gasteiger partial charge < -0.3 is 11.5 Å². The number of hydrogen-bond acceptors (Lipinski definition) is 17. The van der Waals surface area contributed by atoms with Gasteiger partial charge in [-0.2, -0.15) is 40.6 Å². The first kappa shape index (κ1) is 37.7. The summed E-state index contributed by atoms with van der Waals surface area (Å²) < 4.78 is 127. The molecule has 4 aromatic rings. The van der Waals surface area contributed by atoms with Crippen molar-refractivity contribution in [2.75, 3.05) is 23.8 Å². The number of rotatable bonds is 13. The Labute approximate surface area is 284 Å². The summed E-state index contributed by atoms with van der Waals surface area (Å²) in [5.74, 6) is -0.786. The van der Waals surface area contributed by atoms with Crippen LogP contribution >= 0.6 is 0 Å². The molecular weight excluding hydrogens is 745 g/mol. The van der Waals surface area contributed by atoms with Crippen LogP contribution in [0.25, 0.3) is 0 Å². The highest BCUT2D eigenvalue weighted by Gasteiger charge is 2.23. The molecule has 0 aromatic heterocycles. The molecule has 0 amide bonds. The van der Waals surface area contributed by atoms with E-state index in [4.69, 9.17) is 16.0 Å².